The average Bonchev–Trinajstić information content (AvgIpc) is 2.67. The fourth-order valence-corrected chi connectivity index (χ4v) is 1.06. The zero-order chi connectivity index (χ0) is 9.97. The van der Waals surface area contributed by atoms with E-state index in [9.17, 15) is 4.79 Å². The Bertz CT molecular complexity index is 451. The van der Waals surface area contributed by atoms with Crippen molar-refractivity contribution in [1.29, 1.82) is 0 Å². The van der Waals surface area contributed by atoms with Crippen LogP contribution in [0.5, 0.6) is 0 Å². The summed E-state index contributed by atoms with van der Waals surface area (Å²) >= 11 is 0. The third-order valence-electron chi connectivity index (χ3n) is 1.67. The van der Waals surface area contributed by atoms with Gasteiger partial charge >= 0.3 is 0 Å². The van der Waals surface area contributed by atoms with Crippen LogP contribution in [-0.2, 0) is 0 Å². The fourth-order valence-electron chi connectivity index (χ4n) is 1.06. The van der Waals surface area contributed by atoms with Crippen LogP contribution in [0, 0.1) is 0 Å². The molecule has 0 bridgehead atoms. The van der Waals surface area contributed by atoms with Gasteiger partial charge in [0.25, 0.3) is 5.91 Å². The van der Waals surface area contributed by atoms with Gasteiger partial charge in [0, 0.05) is 18.0 Å². The van der Waals surface area contributed by atoms with E-state index in [0.29, 0.717) is 11.1 Å². The first kappa shape index (κ1) is 8.36. The second kappa shape index (κ2) is 3.25. The highest BCUT2D eigenvalue weighted by Gasteiger charge is 2.14. The summed E-state index contributed by atoms with van der Waals surface area (Å²) in [5.41, 5.74) is 6.32. The minimum atomic E-state index is -0.641. The summed E-state index contributed by atoms with van der Waals surface area (Å²) in [5.74, 6) is -0.641. The normalized spacial score (nSPS) is 10.0. The molecule has 0 aromatic carbocycles. The van der Waals surface area contributed by atoms with Crippen molar-refractivity contribution in [1.82, 2.24) is 15.1 Å². The van der Waals surface area contributed by atoms with Gasteiger partial charge in [-0.25, -0.2) is 9.97 Å². The lowest BCUT2D eigenvalue weighted by atomic mass is 10.1. The van der Waals surface area contributed by atoms with Gasteiger partial charge in [-0.15, -0.1) is 0 Å². The summed E-state index contributed by atoms with van der Waals surface area (Å²) in [6, 6.07) is 0. The molecule has 0 saturated heterocycles. The van der Waals surface area contributed by atoms with Crippen molar-refractivity contribution in [3.8, 4) is 11.1 Å². The van der Waals surface area contributed by atoms with Crippen molar-refractivity contribution >= 4 is 5.91 Å². The van der Waals surface area contributed by atoms with E-state index in [4.69, 9.17) is 5.73 Å². The van der Waals surface area contributed by atoms with Crippen LogP contribution >= 0.6 is 0 Å². The molecule has 2 rings (SSSR count). The maximum atomic E-state index is 10.9. The van der Waals surface area contributed by atoms with Crippen molar-refractivity contribution < 1.29 is 9.32 Å². The molecule has 0 radical (unpaired) electrons. The molecule has 0 aliphatic rings. The van der Waals surface area contributed by atoms with Crippen LogP contribution in [0.25, 0.3) is 11.1 Å². The highest BCUT2D eigenvalue weighted by atomic mass is 16.5. The van der Waals surface area contributed by atoms with Crippen LogP contribution in [0.4, 0.5) is 0 Å². The van der Waals surface area contributed by atoms with E-state index < -0.39 is 5.91 Å². The van der Waals surface area contributed by atoms with Gasteiger partial charge in [-0.2, -0.15) is 0 Å². The van der Waals surface area contributed by atoms with Crippen molar-refractivity contribution in [2.75, 3.05) is 0 Å². The highest BCUT2D eigenvalue weighted by Crippen LogP contribution is 2.20. The summed E-state index contributed by atoms with van der Waals surface area (Å²) in [6.45, 7) is 0. The molecule has 0 saturated carbocycles. The van der Waals surface area contributed by atoms with Gasteiger partial charge < -0.3 is 10.3 Å². The van der Waals surface area contributed by atoms with Gasteiger partial charge in [0.2, 0.25) is 0 Å². The molecule has 2 aromatic heterocycles. The molecule has 2 heterocycles. The number of nitrogens with zero attached hydrogens (tertiary/aromatic N) is 3. The van der Waals surface area contributed by atoms with Gasteiger partial charge in [0.1, 0.15) is 12.6 Å². The van der Waals surface area contributed by atoms with E-state index in [1.807, 2.05) is 0 Å². The van der Waals surface area contributed by atoms with E-state index in [2.05, 4.69) is 19.6 Å². The van der Waals surface area contributed by atoms with Crippen LogP contribution < -0.4 is 5.73 Å². The summed E-state index contributed by atoms with van der Waals surface area (Å²) in [7, 11) is 0. The Morgan fingerprint density at radius 1 is 1.36 bits per heavy atom. The SMILES string of the molecule is NC(=O)c1nocc1-c1cncnc1. The molecule has 70 valence electrons. The topological polar surface area (TPSA) is 94.9 Å². The highest BCUT2D eigenvalue weighted by molar-refractivity contribution is 5.97. The number of nitrogens with two attached hydrogens (primary N) is 1. The molecule has 0 aliphatic heterocycles. The number of carbonyl (C=O) groups is 1. The third-order valence-corrected chi connectivity index (χ3v) is 1.67. The number of hydrogen-bond acceptors (Lipinski definition) is 5. The van der Waals surface area contributed by atoms with E-state index >= 15 is 0 Å². The maximum Gasteiger partial charge on any atom is 0.271 e. The molecule has 0 atom stereocenters. The lowest BCUT2D eigenvalue weighted by Gasteiger charge is -1.95. The second-order valence-electron chi connectivity index (χ2n) is 2.57. The predicted octanol–water partition coefficient (Wildman–Crippen LogP) is 0.230. The maximum absolute atomic E-state index is 10.9. The summed E-state index contributed by atoms with van der Waals surface area (Å²) in [4.78, 5) is 18.5. The van der Waals surface area contributed by atoms with Crippen LogP contribution in [0.1, 0.15) is 10.5 Å². The number of aromatic nitrogens is 3. The van der Waals surface area contributed by atoms with Crippen LogP contribution in [0.3, 0.4) is 0 Å². The number of carbonyl (C=O) groups excluding carboxylic acids is 1. The standard InChI is InChI=1S/C8H6N4O2/c9-8(13)7-6(3-14-12-7)5-1-10-4-11-2-5/h1-4H,(H2,9,13). The minimum Gasteiger partial charge on any atom is -0.364 e. The lowest BCUT2D eigenvalue weighted by molar-refractivity contribution is 0.0992. The Balaban J connectivity index is 2.52. The minimum absolute atomic E-state index is 0.0831. The van der Waals surface area contributed by atoms with Crippen molar-refractivity contribution in [2.24, 2.45) is 5.73 Å². The quantitative estimate of drug-likeness (QED) is 0.731. The zero-order valence-corrected chi connectivity index (χ0v) is 7.04. The van der Waals surface area contributed by atoms with Crippen molar-refractivity contribution in [3.63, 3.8) is 0 Å². The molecule has 0 aliphatic carbocycles. The molecule has 1 amide bonds. The predicted molar refractivity (Wildman–Crippen MR) is 46.0 cm³/mol. The van der Waals surface area contributed by atoms with Crippen molar-refractivity contribution in [2.45, 2.75) is 0 Å². The number of amides is 1. The van der Waals surface area contributed by atoms with E-state index in [1.165, 1.54) is 12.6 Å². The molecule has 0 spiro atoms. The molecule has 6 nitrogen and oxygen atoms in total. The third kappa shape index (κ3) is 1.33. The second-order valence-corrected chi connectivity index (χ2v) is 2.57. The summed E-state index contributed by atoms with van der Waals surface area (Å²) in [6.07, 6.45) is 5.82. The van der Waals surface area contributed by atoms with E-state index in [0.717, 1.165) is 0 Å². The largest absolute Gasteiger partial charge is 0.364 e. The zero-order valence-electron chi connectivity index (χ0n) is 7.04. The van der Waals surface area contributed by atoms with E-state index in [-0.39, 0.29) is 5.69 Å². The summed E-state index contributed by atoms with van der Waals surface area (Å²) in [5, 5.41) is 3.49. The van der Waals surface area contributed by atoms with Crippen molar-refractivity contribution in [3.05, 3.63) is 30.7 Å². The van der Waals surface area contributed by atoms with Crippen LogP contribution in [-0.4, -0.2) is 21.0 Å². The molecule has 14 heavy (non-hydrogen) atoms. The lowest BCUT2D eigenvalue weighted by Crippen LogP contribution is -2.12. The molecule has 2 N–H and O–H groups in total. The number of hydrogen-bond donors (Lipinski definition) is 1. The molecule has 0 fully saturated rings. The van der Waals surface area contributed by atoms with Gasteiger partial charge in [0.05, 0.1) is 5.56 Å². The smallest absolute Gasteiger partial charge is 0.271 e. The molecular weight excluding hydrogens is 184 g/mol. The molecule has 0 unspecified atom stereocenters. The molecular formula is C8H6N4O2. The molecule has 2 aromatic rings. The summed E-state index contributed by atoms with van der Waals surface area (Å²) < 4.78 is 4.65. The monoisotopic (exact) mass is 190 g/mol. The first-order chi connectivity index (χ1) is 6.79. The van der Waals surface area contributed by atoms with Gasteiger partial charge in [-0.3, -0.25) is 4.79 Å². The Labute approximate surface area is 78.8 Å². The van der Waals surface area contributed by atoms with Crippen LogP contribution in [0.2, 0.25) is 0 Å². The average molecular weight is 190 g/mol. The fraction of sp³-hybridized carbons (Fsp3) is 0. The first-order valence-corrected chi connectivity index (χ1v) is 3.78. The first-order valence-electron chi connectivity index (χ1n) is 3.78. The molecule has 6 heteroatoms. The Kier molecular flexibility index (Phi) is 1.94. The number of rotatable bonds is 2. The Morgan fingerprint density at radius 2 is 2.07 bits per heavy atom. The van der Waals surface area contributed by atoms with Gasteiger partial charge in [-0.05, 0) is 0 Å². The van der Waals surface area contributed by atoms with Crippen LogP contribution in [0.15, 0.2) is 29.5 Å². The Morgan fingerprint density at radius 3 is 2.71 bits per heavy atom. The van der Waals surface area contributed by atoms with Gasteiger partial charge in [-0.1, -0.05) is 5.16 Å². The Hall–Kier alpha value is -2.24. The van der Waals surface area contributed by atoms with Gasteiger partial charge in [0.15, 0.2) is 5.69 Å². The van der Waals surface area contributed by atoms with E-state index in [1.54, 1.807) is 12.4 Å². The number of primary amides is 1.